The van der Waals surface area contributed by atoms with Gasteiger partial charge in [-0.15, -0.1) is 0 Å². The Balaban J connectivity index is 1.14. The average Bonchev–Trinajstić information content (AvgIpc) is 3.74. The Morgan fingerprint density at radius 2 is 1.15 bits per heavy atom. The second kappa shape index (κ2) is 10.5. The average molecular weight is 613 g/mol. The van der Waals surface area contributed by atoms with Gasteiger partial charge >= 0.3 is 0 Å². The van der Waals surface area contributed by atoms with Gasteiger partial charge < -0.3 is 9.13 Å². The van der Waals surface area contributed by atoms with Gasteiger partial charge in [0.1, 0.15) is 0 Å². The maximum Gasteiger partial charge on any atom is 0.160 e. The first-order valence-electron chi connectivity index (χ1n) is 16.3. The van der Waals surface area contributed by atoms with Gasteiger partial charge in [0.15, 0.2) is 5.82 Å². The molecule has 7 aromatic carbocycles. The fraction of sp³-hybridized carbons (Fsp3) is 0. The van der Waals surface area contributed by atoms with E-state index in [1.165, 1.54) is 43.5 Å². The third kappa shape index (κ3) is 4.10. The van der Waals surface area contributed by atoms with E-state index in [2.05, 4.69) is 173 Å². The van der Waals surface area contributed by atoms with E-state index in [1.54, 1.807) is 0 Å². The minimum atomic E-state index is 0.716. The van der Waals surface area contributed by atoms with Gasteiger partial charge in [-0.2, -0.15) is 0 Å². The van der Waals surface area contributed by atoms with Crippen molar-refractivity contribution in [2.45, 2.75) is 0 Å². The summed E-state index contributed by atoms with van der Waals surface area (Å²) in [5.74, 6) is 0.716. The number of rotatable bonds is 4. The predicted octanol–water partition coefficient (Wildman–Crippen LogP) is 11.2. The van der Waals surface area contributed by atoms with Crippen molar-refractivity contribution in [2.24, 2.45) is 0 Å². The van der Waals surface area contributed by atoms with E-state index < -0.39 is 0 Å². The lowest BCUT2D eigenvalue weighted by Gasteiger charge is -2.12. The zero-order valence-electron chi connectivity index (χ0n) is 26.0. The number of hydrogen-bond donors (Lipinski definition) is 0. The maximum atomic E-state index is 5.19. The Labute approximate surface area is 276 Å². The van der Waals surface area contributed by atoms with E-state index in [4.69, 9.17) is 9.97 Å². The van der Waals surface area contributed by atoms with Gasteiger partial charge in [0.25, 0.3) is 0 Å². The fourth-order valence-corrected chi connectivity index (χ4v) is 7.28. The van der Waals surface area contributed by atoms with E-state index in [1.807, 2.05) is 6.07 Å². The third-order valence-corrected chi connectivity index (χ3v) is 9.55. The summed E-state index contributed by atoms with van der Waals surface area (Å²) >= 11 is 0. The molecule has 0 saturated carbocycles. The van der Waals surface area contributed by atoms with E-state index in [0.717, 1.165) is 39.1 Å². The molecule has 0 aliphatic carbocycles. The summed E-state index contributed by atoms with van der Waals surface area (Å²) in [6.07, 6.45) is 2.18. The van der Waals surface area contributed by atoms with Gasteiger partial charge in [-0.25, -0.2) is 9.97 Å². The normalized spacial score (nSPS) is 11.8. The molecule has 0 aliphatic rings. The molecule has 0 aliphatic heterocycles. The van der Waals surface area contributed by atoms with Gasteiger partial charge in [-0.3, -0.25) is 0 Å². The largest absolute Gasteiger partial charge is 0.316 e. The third-order valence-electron chi connectivity index (χ3n) is 9.55. The van der Waals surface area contributed by atoms with Gasteiger partial charge in [0.2, 0.25) is 0 Å². The molecule has 0 N–H and O–H groups in total. The van der Waals surface area contributed by atoms with Crippen LogP contribution >= 0.6 is 0 Å². The number of fused-ring (bicyclic) bond motifs is 7. The summed E-state index contributed by atoms with van der Waals surface area (Å²) in [6, 6.07) is 58.0. The van der Waals surface area contributed by atoms with Crippen molar-refractivity contribution in [1.29, 1.82) is 0 Å². The zero-order chi connectivity index (χ0) is 31.6. The van der Waals surface area contributed by atoms with Crippen LogP contribution in [0.25, 0.3) is 88.4 Å². The number of aromatic nitrogens is 4. The number of hydrogen-bond acceptors (Lipinski definition) is 2. The lowest BCUT2D eigenvalue weighted by molar-refractivity contribution is 1.13. The molecule has 0 unspecified atom stereocenters. The maximum absolute atomic E-state index is 5.19. The van der Waals surface area contributed by atoms with Gasteiger partial charge in [0, 0.05) is 50.2 Å². The molecule has 0 bridgehead atoms. The first-order valence-corrected chi connectivity index (χ1v) is 16.3. The Kier molecular flexibility index (Phi) is 5.84. The van der Waals surface area contributed by atoms with E-state index >= 15 is 0 Å². The first kappa shape index (κ1) is 26.7. The molecule has 4 nitrogen and oxygen atoms in total. The van der Waals surface area contributed by atoms with Crippen LogP contribution in [-0.4, -0.2) is 19.1 Å². The van der Waals surface area contributed by atoms with Crippen LogP contribution in [0.3, 0.4) is 0 Å². The van der Waals surface area contributed by atoms with Crippen molar-refractivity contribution in [3.8, 4) is 34.0 Å². The number of para-hydroxylation sites is 3. The molecule has 0 atom stereocenters. The van der Waals surface area contributed by atoms with Crippen molar-refractivity contribution in [1.82, 2.24) is 19.1 Å². The van der Waals surface area contributed by atoms with Crippen LogP contribution in [0, 0.1) is 0 Å². The Morgan fingerprint density at radius 1 is 0.417 bits per heavy atom. The van der Waals surface area contributed by atoms with Crippen molar-refractivity contribution in [3.63, 3.8) is 0 Å². The molecule has 4 heteroatoms. The van der Waals surface area contributed by atoms with Crippen LogP contribution in [0.1, 0.15) is 0 Å². The molecule has 0 spiro atoms. The molecule has 10 rings (SSSR count). The SMILES string of the molecule is c1ccc(-n2ccc3c2ccc2c4ccccc4n(-c4ccc(-c5nc(-c6ccc7ccccc7c6)c6ccccc6n5)cc4)c23)cc1. The van der Waals surface area contributed by atoms with Crippen LogP contribution in [-0.2, 0) is 0 Å². The quantitative estimate of drug-likeness (QED) is 0.198. The summed E-state index contributed by atoms with van der Waals surface area (Å²) < 4.78 is 4.66. The highest BCUT2D eigenvalue weighted by Gasteiger charge is 2.18. The van der Waals surface area contributed by atoms with Crippen molar-refractivity contribution in [3.05, 3.63) is 170 Å². The Morgan fingerprint density at radius 3 is 2.02 bits per heavy atom. The van der Waals surface area contributed by atoms with Crippen LogP contribution in [0.5, 0.6) is 0 Å². The van der Waals surface area contributed by atoms with Crippen LogP contribution in [0.2, 0.25) is 0 Å². The highest BCUT2D eigenvalue weighted by molar-refractivity contribution is 6.18. The smallest absolute Gasteiger partial charge is 0.160 e. The second-order valence-electron chi connectivity index (χ2n) is 12.3. The standard InChI is InChI=1S/C44H28N4/c1-2-12-33(13-3-1)47-27-26-38-40(47)25-24-36-35-14-7-9-17-41(35)48(43(36)38)34-22-20-30(21-23-34)44-45-39-16-8-6-15-37(39)42(46-44)32-19-18-29-10-4-5-11-31(29)28-32/h1-28H. The van der Waals surface area contributed by atoms with Crippen molar-refractivity contribution < 1.29 is 0 Å². The minimum absolute atomic E-state index is 0.716. The molecule has 0 amide bonds. The lowest BCUT2D eigenvalue weighted by Crippen LogP contribution is -1.97. The van der Waals surface area contributed by atoms with Crippen LogP contribution in [0.15, 0.2) is 170 Å². The van der Waals surface area contributed by atoms with Gasteiger partial charge in [-0.05, 0) is 77.5 Å². The molecular weight excluding hydrogens is 585 g/mol. The van der Waals surface area contributed by atoms with Crippen molar-refractivity contribution >= 4 is 54.4 Å². The molecule has 3 aromatic heterocycles. The topological polar surface area (TPSA) is 35.6 Å². The minimum Gasteiger partial charge on any atom is -0.316 e. The summed E-state index contributed by atoms with van der Waals surface area (Å²) in [5, 5.41) is 7.16. The fourth-order valence-electron chi connectivity index (χ4n) is 7.28. The monoisotopic (exact) mass is 612 g/mol. The predicted molar refractivity (Wildman–Crippen MR) is 199 cm³/mol. The summed E-state index contributed by atoms with van der Waals surface area (Å²) in [5.41, 5.74) is 9.76. The van der Waals surface area contributed by atoms with E-state index in [0.29, 0.717) is 5.82 Å². The van der Waals surface area contributed by atoms with Crippen molar-refractivity contribution in [2.75, 3.05) is 0 Å². The summed E-state index contributed by atoms with van der Waals surface area (Å²) in [6.45, 7) is 0. The van der Waals surface area contributed by atoms with Gasteiger partial charge in [0.05, 0.1) is 27.8 Å². The highest BCUT2D eigenvalue weighted by atomic mass is 15.0. The van der Waals surface area contributed by atoms with Gasteiger partial charge in [-0.1, -0.05) is 97.1 Å². The summed E-state index contributed by atoms with van der Waals surface area (Å²) in [7, 11) is 0. The molecule has 0 fully saturated rings. The first-order chi connectivity index (χ1) is 23.8. The number of nitrogens with zero attached hydrogens (tertiary/aromatic N) is 4. The van der Waals surface area contributed by atoms with Crippen LogP contribution < -0.4 is 0 Å². The zero-order valence-corrected chi connectivity index (χ0v) is 26.0. The molecule has 10 aromatic rings. The van der Waals surface area contributed by atoms with E-state index in [-0.39, 0.29) is 0 Å². The summed E-state index contributed by atoms with van der Waals surface area (Å²) in [4.78, 5) is 10.2. The lowest BCUT2D eigenvalue weighted by atomic mass is 10.0. The second-order valence-corrected chi connectivity index (χ2v) is 12.3. The Hall–Kier alpha value is -6.52. The number of benzene rings is 7. The molecule has 0 radical (unpaired) electrons. The molecule has 224 valence electrons. The van der Waals surface area contributed by atoms with E-state index in [9.17, 15) is 0 Å². The van der Waals surface area contributed by atoms with Crippen LogP contribution in [0.4, 0.5) is 0 Å². The molecular formula is C44H28N4. The molecule has 3 heterocycles. The highest BCUT2D eigenvalue weighted by Crippen LogP contribution is 2.38. The molecule has 0 saturated heterocycles. The Bertz CT molecular complexity index is 2820. The molecule has 48 heavy (non-hydrogen) atoms.